The Balaban J connectivity index is 0.00000364. The number of rotatable bonds is 6. The Bertz CT molecular complexity index is 744. The van der Waals surface area contributed by atoms with Gasteiger partial charge >= 0.3 is 0 Å². The Morgan fingerprint density at radius 3 is 2.37 bits per heavy atom. The van der Waals surface area contributed by atoms with E-state index in [1.54, 1.807) is 19.3 Å². The summed E-state index contributed by atoms with van der Waals surface area (Å²) in [4.78, 5) is 22.5. The Labute approximate surface area is 178 Å². The van der Waals surface area contributed by atoms with Crippen LogP contribution >= 0.6 is 24.0 Å². The van der Waals surface area contributed by atoms with E-state index in [9.17, 15) is 4.79 Å². The fourth-order valence-corrected chi connectivity index (χ4v) is 2.46. The Hall–Kier alpha value is -2.16. The maximum Gasteiger partial charge on any atom is 0.227 e. The molecular formula is C20H28IN5O. The standard InChI is InChI=1S/C20H27N5O.HI/c1-15-5-8-17(9-6-15)14-25(4)20(21-3)22-12-11-19(26)24-18-10-7-16(2)13-23-18;/h5-10,13H,11-12,14H2,1-4H3,(H,21,22)(H,23,24,26);1H. The molecule has 0 saturated carbocycles. The number of carbonyl (C=O) groups excluding carboxylic acids is 1. The average molecular weight is 481 g/mol. The molecule has 0 spiro atoms. The van der Waals surface area contributed by atoms with E-state index in [0.717, 1.165) is 18.1 Å². The van der Waals surface area contributed by atoms with Crippen molar-refractivity contribution in [2.45, 2.75) is 26.8 Å². The molecule has 0 saturated heterocycles. The Kier molecular flexibility index (Phi) is 9.77. The van der Waals surface area contributed by atoms with Crippen molar-refractivity contribution < 1.29 is 4.79 Å². The highest BCUT2D eigenvalue weighted by Crippen LogP contribution is 2.06. The molecular weight excluding hydrogens is 453 g/mol. The molecule has 7 heteroatoms. The topological polar surface area (TPSA) is 69.6 Å². The molecule has 1 aromatic heterocycles. The largest absolute Gasteiger partial charge is 0.356 e. The van der Waals surface area contributed by atoms with Crippen LogP contribution in [0.25, 0.3) is 0 Å². The van der Waals surface area contributed by atoms with Crippen LogP contribution in [0.4, 0.5) is 5.82 Å². The van der Waals surface area contributed by atoms with Gasteiger partial charge in [-0.3, -0.25) is 9.79 Å². The first kappa shape index (κ1) is 22.9. The first-order valence-corrected chi connectivity index (χ1v) is 8.68. The van der Waals surface area contributed by atoms with Gasteiger partial charge in [0.1, 0.15) is 5.82 Å². The van der Waals surface area contributed by atoms with Crippen LogP contribution in [0.5, 0.6) is 0 Å². The monoisotopic (exact) mass is 481 g/mol. The van der Waals surface area contributed by atoms with Crippen LogP contribution in [-0.4, -0.2) is 42.4 Å². The molecule has 1 aromatic carbocycles. The summed E-state index contributed by atoms with van der Waals surface area (Å²) in [5.74, 6) is 1.25. The summed E-state index contributed by atoms with van der Waals surface area (Å²) in [6.07, 6.45) is 2.07. The van der Waals surface area contributed by atoms with Crippen LogP contribution in [0.2, 0.25) is 0 Å². The molecule has 6 nitrogen and oxygen atoms in total. The minimum Gasteiger partial charge on any atom is -0.356 e. The molecule has 2 rings (SSSR count). The maximum absolute atomic E-state index is 12.0. The first-order valence-electron chi connectivity index (χ1n) is 8.68. The number of aromatic nitrogens is 1. The van der Waals surface area contributed by atoms with E-state index in [-0.39, 0.29) is 29.9 Å². The molecule has 0 aliphatic rings. The van der Waals surface area contributed by atoms with E-state index < -0.39 is 0 Å². The van der Waals surface area contributed by atoms with Crippen LogP contribution in [0.15, 0.2) is 47.6 Å². The van der Waals surface area contributed by atoms with Gasteiger partial charge in [0.15, 0.2) is 5.96 Å². The quantitative estimate of drug-likeness (QED) is 0.377. The van der Waals surface area contributed by atoms with E-state index >= 15 is 0 Å². The molecule has 0 fully saturated rings. The molecule has 0 aliphatic heterocycles. The Morgan fingerprint density at radius 2 is 1.78 bits per heavy atom. The van der Waals surface area contributed by atoms with Crippen LogP contribution in [0.1, 0.15) is 23.1 Å². The van der Waals surface area contributed by atoms with Gasteiger partial charge in [0.05, 0.1) is 0 Å². The van der Waals surface area contributed by atoms with Gasteiger partial charge in [-0.15, -0.1) is 24.0 Å². The number of anilines is 1. The third-order valence-corrected chi connectivity index (χ3v) is 3.93. The predicted octanol–water partition coefficient (Wildman–Crippen LogP) is 3.35. The molecule has 1 heterocycles. The minimum absolute atomic E-state index is 0. The van der Waals surface area contributed by atoms with Crippen molar-refractivity contribution >= 4 is 41.7 Å². The number of aryl methyl sites for hydroxylation is 2. The number of nitrogens with zero attached hydrogens (tertiary/aromatic N) is 3. The SMILES string of the molecule is CN=C(NCCC(=O)Nc1ccc(C)cn1)N(C)Cc1ccc(C)cc1.I. The average Bonchev–Trinajstić information content (AvgIpc) is 2.62. The van der Waals surface area contributed by atoms with Gasteiger partial charge < -0.3 is 15.5 Å². The van der Waals surface area contributed by atoms with Gasteiger partial charge in [-0.2, -0.15) is 0 Å². The fraction of sp³-hybridized carbons (Fsp3) is 0.350. The van der Waals surface area contributed by atoms with Gasteiger partial charge in [-0.1, -0.05) is 35.9 Å². The molecule has 2 aromatic rings. The number of aliphatic imine (C=N–C) groups is 1. The van der Waals surface area contributed by atoms with Gasteiger partial charge in [-0.05, 0) is 31.0 Å². The number of halogens is 1. The molecule has 0 aliphatic carbocycles. The summed E-state index contributed by atoms with van der Waals surface area (Å²) in [5.41, 5.74) is 3.52. The number of guanidine groups is 1. The lowest BCUT2D eigenvalue weighted by Crippen LogP contribution is -2.39. The summed E-state index contributed by atoms with van der Waals surface area (Å²) >= 11 is 0. The molecule has 0 radical (unpaired) electrons. The highest BCUT2D eigenvalue weighted by Gasteiger charge is 2.08. The molecule has 2 N–H and O–H groups in total. The zero-order valence-electron chi connectivity index (χ0n) is 16.3. The van der Waals surface area contributed by atoms with Gasteiger partial charge in [0, 0.05) is 39.8 Å². The second-order valence-corrected chi connectivity index (χ2v) is 6.33. The third-order valence-electron chi connectivity index (χ3n) is 3.93. The van der Waals surface area contributed by atoms with E-state index in [2.05, 4.69) is 51.8 Å². The lowest BCUT2D eigenvalue weighted by atomic mass is 10.1. The van der Waals surface area contributed by atoms with Crippen LogP contribution in [0, 0.1) is 13.8 Å². The van der Waals surface area contributed by atoms with Gasteiger partial charge in [-0.25, -0.2) is 4.98 Å². The van der Waals surface area contributed by atoms with Crippen molar-refractivity contribution in [3.8, 4) is 0 Å². The van der Waals surface area contributed by atoms with Crippen molar-refractivity contribution in [2.24, 2.45) is 4.99 Å². The zero-order valence-corrected chi connectivity index (χ0v) is 18.7. The van der Waals surface area contributed by atoms with E-state index in [1.165, 1.54) is 11.1 Å². The van der Waals surface area contributed by atoms with Crippen molar-refractivity contribution in [1.82, 2.24) is 15.2 Å². The fourth-order valence-electron chi connectivity index (χ4n) is 2.46. The van der Waals surface area contributed by atoms with Crippen molar-refractivity contribution in [1.29, 1.82) is 0 Å². The van der Waals surface area contributed by atoms with Crippen molar-refractivity contribution in [2.75, 3.05) is 26.0 Å². The summed E-state index contributed by atoms with van der Waals surface area (Å²) < 4.78 is 0. The maximum atomic E-state index is 12.0. The van der Waals surface area contributed by atoms with Crippen molar-refractivity contribution in [3.05, 3.63) is 59.3 Å². The van der Waals surface area contributed by atoms with Crippen LogP contribution in [0.3, 0.4) is 0 Å². The number of nitrogens with one attached hydrogen (secondary N) is 2. The minimum atomic E-state index is -0.0782. The van der Waals surface area contributed by atoms with Gasteiger partial charge in [0.25, 0.3) is 0 Å². The van der Waals surface area contributed by atoms with Gasteiger partial charge in [0.2, 0.25) is 5.91 Å². The molecule has 0 atom stereocenters. The summed E-state index contributed by atoms with van der Waals surface area (Å²) in [6, 6.07) is 12.1. The highest BCUT2D eigenvalue weighted by molar-refractivity contribution is 14.0. The molecule has 0 bridgehead atoms. The second-order valence-electron chi connectivity index (χ2n) is 6.33. The van der Waals surface area contributed by atoms with E-state index in [1.807, 2.05) is 24.9 Å². The molecule has 0 unspecified atom stereocenters. The smallest absolute Gasteiger partial charge is 0.227 e. The lowest BCUT2D eigenvalue weighted by molar-refractivity contribution is -0.116. The van der Waals surface area contributed by atoms with Crippen molar-refractivity contribution in [3.63, 3.8) is 0 Å². The second kappa shape index (κ2) is 11.5. The number of hydrogen-bond acceptors (Lipinski definition) is 3. The predicted molar refractivity (Wildman–Crippen MR) is 122 cm³/mol. The zero-order chi connectivity index (χ0) is 18.9. The van der Waals surface area contributed by atoms with Crippen LogP contribution < -0.4 is 10.6 Å². The summed E-state index contributed by atoms with van der Waals surface area (Å²) in [6.45, 7) is 5.29. The van der Waals surface area contributed by atoms with Crippen LogP contribution in [-0.2, 0) is 11.3 Å². The third kappa shape index (κ3) is 7.94. The lowest BCUT2D eigenvalue weighted by Gasteiger charge is -2.22. The van der Waals surface area contributed by atoms with E-state index in [0.29, 0.717) is 18.8 Å². The highest BCUT2D eigenvalue weighted by atomic mass is 127. The molecule has 146 valence electrons. The summed E-state index contributed by atoms with van der Waals surface area (Å²) in [7, 11) is 3.72. The number of amides is 1. The number of pyridine rings is 1. The first-order chi connectivity index (χ1) is 12.5. The van der Waals surface area contributed by atoms with E-state index in [4.69, 9.17) is 0 Å². The molecule has 27 heavy (non-hydrogen) atoms. The summed E-state index contributed by atoms with van der Waals surface area (Å²) in [5, 5.41) is 6.01. The normalized spacial score (nSPS) is 10.7. The number of hydrogen-bond donors (Lipinski definition) is 2. The number of benzene rings is 1. The molecule has 1 amide bonds. The number of carbonyl (C=O) groups is 1. The Morgan fingerprint density at radius 1 is 1.11 bits per heavy atom.